The quantitative estimate of drug-likeness (QED) is 0.852. The summed E-state index contributed by atoms with van der Waals surface area (Å²) in [5, 5.41) is 3.30. The molecule has 1 N–H and O–H groups in total. The summed E-state index contributed by atoms with van der Waals surface area (Å²) in [5.74, 6) is -0.0849. The molecule has 1 saturated heterocycles. The number of piperidine rings is 1. The van der Waals surface area contributed by atoms with Crippen LogP contribution >= 0.6 is 11.6 Å². The number of amides is 1. The number of carbonyl (C=O) groups is 1. The SMILES string of the molecule is CN1CCCCC1CNC(=O)c1ccnc(Cl)c1. The van der Waals surface area contributed by atoms with Gasteiger partial charge >= 0.3 is 0 Å². The van der Waals surface area contributed by atoms with Crippen LogP contribution in [0.5, 0.6) is 0 Å². The Labute approximate surface area is 112 Å². The van der Waals surface area contributed by atoms with Gasteiger partial charge in [0.15, 0.2) is 0 Å². The van der Waals surface area contributed by atoms with Crippen LogP contribution in [0.4, 0.5) is 0 Å². The van der Waals surface area contributed by atoms with E-state index in [1.165, 1.54) is 12.8 Å². The minimum Gasteiger partial charge on any atom is -0.350 e. The molecule has 1 aliphatic rings. The number of nitrogens with zero attached hydrogens (tertiary/aromatic N) is 2. The Balaban J connectivity index is 1.88. The maximum atomic E-state index is 11.9. The number of aromatic nitrogens is 1. The first-order valence-corrected chi connectivity index (χ1v) is 6.64. The van der Waals surface area contributed by atoms with E-state index in [0.717, 1.165) is 13.0 Å². The summed E-state index contributed by atoms with van der Waals surface area (Å²) in [6.07, 6.45) is 5.19. The highest BCUT2D eigenvalue weighted by molar-refractivity contribution is 6.29. The predicted molar refractivity (Wildman–Crippen MR) is 71.8 cm³/mol. The van der Waals surface area contributed by atoms with E-state index in [9.17, 15) is 4.79 Å². The molecule has 1 aromatic heterocycles. The molecule has 2 rings (SSSR count). The second-order valence-corrected chi connectivity index (χ2v) is 5.09. The van der Waals surface area contributed by atoms with Crippen molar-refractivity contribution in [3.05, 3.63) is 29.0 Å². The van der Waals surface area contributed by atoms with Crippen LogP contribution in [0.2, 0.25) is 5.15 Å². The summed E-state index contributed by atoms with van der Waals surface area (Å²) in [6, 6.07) is 3.70. The average molecular weight is 268 g/mol. The third-order valence-corrected chi connectivity index (χ3v) is 3.62. The van der Waals surface area contributed by atoms with Crippen molar-refractivity contribution in [2.24, 2.45) is 0 Å². The highest BCUT2D eigenvalue weighted by Gasteiger charge is 2.19. The molecule has 0 spiro atoms. The first-order chi connectivity index (χ1) is 8.66. The second-order valence-electron chi connectivity index (χ2n) is 4.71. The van der Waals surface area contributed by atoms with Gasteiger partial charge in [0.1, 0.15) is 5.15 Å². The molecule has 2 heterocycles. The first kappa shape index (κ1) is 13.3. The highest BCUT2D eigenvalue weighted by atomic mass is 35.5. The zero-order valence-corrected chi connectivity index (χ0v) is 11.3. The molecule has 1 atom stereocenters. The Kier molecular flexibility index (Phi) is 4.55. The maximum absolute atomic E-state index is 11.9. The summed E-state index contributed by atoms with van der Waals surface area (Å²) < 4.78 is 0. The van der Waals surface area contributed by atoms with Crippen LogP contribution in [0.1, 0.15) is 29.6 Å². The van der Waals surface area contributed by atoms with E-state index in [2.05, 4.69) is 22.2 Å². The lowest BCUT2D eigenvalue weighted by atomic mass is 10.0. The lowest BCUT2D eigenvalue weighted by molar-refractivity contribution is 0.0928. The molecule has 0 bridgehead atoms. The summed E-state index contributed by atoms with van der Waals surface area (Å²) in [7, 11) is 2.11. The third-order valence-electron chi connectivity index (χ3n) is 3.41. The zero-order valence-electron chi connectivity index (χ0n) is 10.5. The number of likely N-dealkylation sites (tertiary alicyclic amines) is 1. The van der Waals surface area contributed by atoms with Crippen LogP contribution in [0.15, 0.2) is 18.3 Å². The minimum absolute atomic E-state index is 0.0849. The largest absolute Gasteiger partial charge is 0.350 e. The van der Waals surface area contributed by atoms with Gasteiger partial charge in [0.2, 0.25) is 0 Å². The van der Waals surface area contributed by atoms with Crippen LogP contribution in [-0.4, -0.2) is 42.0 Å². The van der Waals surface area contributed by atoms with E-state index in [4.69, 9.17) is 11.6 Å². The third kappa shape index (κ3) is 3.43. The van der Waals surface area contributed by atoms with Crippen molar-refractivity contribution in [2.45, 2.75) is 25.3 Å². The van der Waals surface area contributed by atoms with Crippen molar-refractivity contribution >= 4 is 17.5 Å². The number of nitrogens with one attached hydrogen (secondary N) is 1. The predicted octanol–water partition coefficient (Wildman–Crippen LogP) is 1.95. The van der Waals surface area contributed by atoms with Gasteiger partial charge in [0.05, 0.1) is 0 Å². The van der Waals surface area contributed by atoms with E-state index < -0.39 is 0 Å². The Morgan fingerprint density at radius 1 is 1.61 bits per heavy atom. The van der Waals surface area contributed by atoms with Gasteiger partial charge in [-0.25, -0.2) is 4.98 Å². The molecule has 1 aromatic rings. The minimum atomic E-state index is -0.0849. The first-order valence-electron chi connectivity index (χ1n) is 6.27. The van der Waals surface area contributed by atoms with Crippen molar-refractivity contribution < 1.29 is 4.79 Å². The molecule has 1 unspecified atom stereocenters. The van der Waals surface area contributed by atoms with Gasteiger partial charge < -0.3 is 10.2 Å². The van der Waals surface area contributed by atoms with E-state index >= 15 is 0 Å². The molecule has 4 nitrogen and oxygen atoms in total. The molecule has 0 aliphatic carbocycles. The average Bonchev–Trinajstić information content (AvgIpc) is 2.37. The highest BCUT2D eigenvalue weighted by Crippen LogP contribution is 2.14. The van der Waals surface area contributed by atoms with Crippen LogP contribution in [0.3, 0.4) is 0 Å². The van der Waals surface area contributed by atoms with Gasteiger partial charge in [-0.1, -0.05) is 18.0 Å². The van der Waals surface area contributed by atoms with E-state index in [1.807, 2.05) is 0 Å². The number of likely N-dealkylation sites (N-methyl/N-ethyl adjacent to an activating group) is 1. The molecule has 18 heavy (non-hydrogen) atoms. The molecule has 1 amide bonds. The topological polar surface area (TPSA) is 45.2 Å². The number of pyridine rings is 1. The van der Waals surface area contributed by atoms with Gasteiger partial charge in [0, 0.05) is 24.3 Å². The van der Waals surface area contributed by atoms with Gasteiger partial charge in [-0.3, -0.25) is 4.79 Å². The Morgan fingerprint density at radius 3 is 3.17 bits per heavy atom. The Morgan fingerprint density at radius 2 is 2.44 bits per heavy atom. The molecule has 1 fully saturated rings. The van der Waals surface area contributed by atoms with Crippen LogP contribution < -0.4 is 5.32 Å². The van der Waals surface area contributed by atoms with Crippen molar-refractivity contribution in [3.63, 3.8) is 0 Å². The monoisotopic (exact) mass is 267 g/mol. The fourth-order valence-corrected chi connectivity index (χ4v) is 2.43. The second kappa shape index (κ2) is 6.16. The molecule has 0 radical (unpaired) electrons. The summed E-state index contributed by atoms with van der Waals surface area (Å²) in [4.78, 5) is 18.1. The summed E-state index contributed by atoms with van der Waals surface area (Å²) in [6.45, 7) is 1.80. The number of hydrogen-bond acceptors (Lipinski definition) is 3. The lowest BCUT2D eigenvalue weighted by Gasteiger charge is -2.32. The lowest BCUT2D eigenvalue weighted by Crippen LogP contribution is -2.44. The molecular formula is C13H18ClN3O. The maximum Gasteiger partial charge on any atom is 0.251 e. The molecule has 98 valence electrons. The summed E-state index contributed by atoms with van der Waals surface area (Å²) in [5.41, 5.74) is 0.563. The number of halogens is 1. The van der Waals surface area contributed by atoms with Crippen molar-refractivity contribution in [1.82, 2.24) is 15.2 Å². The number of hydrogen-bond donors (Lipinski definition) is 1. The zero-order chi connectivity index (χ0) is 13.0. The normalized spacial score (nSPS) is 20.7. The van der Waals surface area contributed by atoms with Crippen molar-refractivity contribution in [3.8, 4) is 0 Å². The van der Waals surface area contributed by atoms with Gasteiger partial charge in [-0.2, -0.15) is 0 Å². The van der Waals surface area contributed by atoms with E-state index in [1.54, 1.807) is 18.3 Å². The van der Waals surface area contributed by atoms with Gasteiger partial charge in [-0.15, -0.1) is 0 Å². The molecule has 5 heteroatoms. The number of carbonyl (C=O) groups excluding carboxylic acids is 1. The molecule has 1 aliphatic heterocycles. The van der Waals surface area contributed by atoms with Gasteiger partial charge in [0.25, 0.3) is 5.91 Å². The smallest absolute Gasteiger partial charge is 0.251 e. The molecule has 0 aromatic carbocycles. The van der Waals surface area contributed by atoms with Crippen molar-refractivity contribution in [2.75, 3.05) is 20.1 Å². The van der Waals surface area contributed by atoms with Crippen molar-refractivity contribution in [1.29, 1.82) is 0 Å². The standard InChI is InChI=1S/C13H18ClN3O/c1-17-7-3-2-4-11(17)9-16-13(18)10-5-6-15-12(14)8-10/h5-6,8,11H,2-4,7,9H2,1H3,(H,16,18). The Hall–Kier alpha value is -1.13. The van der Waals surface area contributed by atoms with Crippen LogP contribution in [0, 0.1) is 0 Å². The fraction of sp³-hybridized carbons (Fsp3) is 0.538. The van der Waals surface area contributed by atoms with E-state index in [-0.39, 0.29) is 5.91 Å². The summed E-state index contributed by atoms with van der Waals surface area (Å²) >= 11 is 5.76. The van der Waals surface area contributed by atoms with E-state index in [0.29, 0.717) is 23.3 Å². The molecular weight excluding hydrogens is 250 g/mol. The number of rotatable bonds is 3. The van der Waals surface area contributed by atoms with Crippen LogP contribution in [-0.2, 0) is 0 Å². The Bertz CT molecular complexity index is 424. The van der Waals surface area contributed by atoms with Crippen LogP contribution in [0.25, 0.3) is 0 Å². The van der Waals surface area contributed by atoms with Gasteiger partial charge in [-0.05, 0) is 38.6 Å². The molecule has 0 saturated carbocycles. The fourth-order valence-electron chi connectivity index (χ4n) is 2.26.